The molecule has 166 valence electrons. The molecule has 0 saturated heterocycles. The van der Waals surface area contributed by atoms with Crippen LogP contribution in [0.5, 0.6) is 0 Å². The number of methoxy groups -OCH3 is 2. The van der Waals surface area contributed by atoms with Crippen LogP contribution in [-0.4, -0.2) is 64.4 Å². The van der Waals surface area contributed by atoms with E-state index >= 15 is 0 Å². The third-order valence-electron chi connectivity index (χ3n) is 3.37. The van der Waals surface area contributed by atoms with Crippen molar-refractivity contribution < 1.29 is 28.5 Å². The summed E-state index contributed by atoms with van der Waals surface area (Å²) in [5, 5.41) is 0. The minimum Gasteiger partial charge on any atom is -0.382 e. The Labute approximate surface area is 168 Å². The Balaban J connectivity index is -0.000000183. The summed E-state index contributed by atoms with van der Waals surface area (Å²) < 4.78 is 20.6. The molecule has 0 aliphatic carbocycles. The van der Waals surface area contributed by atoms with Gasteiger partial charge in [-0.3, -0.25) is 4.79 Å². The maximum atomic E-state index is 10.9. The molecule has 2 unspecified atom stereocenters. The maximum absolute atomic E-state index is 10.9. The van der Waals surface area contributed by atoms with Crippen LogP contribution in [0.2, 0.25) is 0 Å². The normalized spacial score (nSPS) is 11.9. The van der Waals surface area contributed by atoms with E-state index in [2.05, 4.69) is 0 Å². The third kappa shape index (κ3) is 30.2. The van der Waals surface area contributed by atoms with Crippen molar-refractivity contribution in [3.8, 4) is 0 Å². The van der Waals surface area contributed by atoms with Gasteiger partial charge in [0, 0.05) is 46.7 Å². The van der Waals surface area contributed by atoms with Gasteiger partial charge in [0.1, 0.15) is 11.6 Å². The van der Waals surface area contributed by atoms with E-state index in [1.165, 1.54) is 0 Å². The topological polar surface area (TPSA) is 71.1 Å². The standard InChI is InChI=1S/C10H20O3.C9H18O3.2CH4/c1-4-10(11)6-5-7-13-8-9(2)12-3;1-8(10)5-4-6-12-9(2)7-11-3;;/h9H,4-8H2,1-3H3;9H,4-7H2,1-3H3;2*1H4. The number of carbonyl (C=O) groups excluding carboxylic acids is 2. The zero-order valence-corrected chi connectivity index (χ0v) is 17.0. The predicted molar refractivity (Wildman–Crippen MR) is 112 cm³/mol. The summed E-state index contributed by atoms with van der Waals surface area (Å²) in [7, 11) is 3.31. The summed E-state index contributed by atoms with van der Waals surface area (Å²) in [6.45, 7) is 9.91. The van der Waals surface area contributed by atoms with Gasteiger partial charge in [0.25, 0.3) is 0 Å². The summed E-state index contributed by atoms with van der Waals surface area (Å²) >= 11 is 0. The highest BCUT2D eigenvalue weighted by molar-refractivity contribution is 5.77. The SMILES string of the molecule is C.C.CCC(=O)CCCOCC(C)OC.COCC(C)OCCCC(C)=O. The van der Waals surface area contributed by atoms with E-state index in [4.69, 9.17) is 18.9 Å². The smallest absolute Gasteiger partial charge is 0.132 e. The Morgan fingerprint density at radius 1 is 0.889 bits per heavy atom. The lowest BCUT2D eigenvalue weighted by molar-refractivity contribution is -0.119. The first-order valence-electron chi connectivity index (χ1n) is 9.09. The molecule has 6 heteroatoms. The van der Waals surface area contributed by atoms with Crippen molar-refractivity contribution in [3.05, 3.63) is 0 Å². The van der Waals surface area contributed by atoms with E-state index in [0.29, 0.717) is 51.5 Å². The number of hydrogen-bond donors (Lipinski definition) is 0. The van der Waals surface area contributed by atoms with Crippen LogP contribution in [0, 0.1) is 0 Å². The molecule has 0 radical (unpaired) electrons. The van der Waals surface area contributed by atoms with Crippen molar-refractivity contribution in [2.45, 2.75) is 86.9 Å². The average Bonchev–Trinajstić information content (AvgIpc) is 2.58. The van der Waals surface area contributed by atoms with Crippen molar-refractivity contribution in [1.29, 1.82) is 0 Å². The Morgan fingerprint density at radius 3 is 1.96 bits per heavy atom. The fourth-order valence-corrected chi connectivity index (χ4v) is 1.75. The number of ether oxygens (including phenoxy) is 4. The molecular formula is C21H46O6. The molecule has 0 N–H and O–H groups in total. The van der Waals surface area contributed by atoms with Crippen molar-refractivity contribution in [1.82, 2.24) is 0 Å². The number of carbonyl (C=O) groups is 2. The van der Waals surface area contributed by atoms with E-state index in [0.717, 1.165) is 12.8 Å². The highest BCUT2D eigenvalue weighted by Gasteiger charge is 2.01. The molecular weight excluding hydrogens is 348 g/mol. The molecule has 0 heterocycles. The molecule has 0 fully saturated rings. The molecule has 0 aliphatic rings. The van der Waals surface area contributed by atoms with Crippen molar-refractivity contribution in [2.24, 2.45) is 0 Å². The minimum atomic E-state index is 0. The number of rotatable bonds is 15. The van der Waals surface area contributed by atoms with Crippen LogP contribution in [0.1, 0.15) is 74.7 Å². The van der Waals surface area contributed by atoms with Crippen molar-refractivity contribution in [2.75, 3.05) is 40.6 Å². The molecule has 0 spiro atoms. The van der Waals surface area contributed by atoms with Crippen LogP contribution in [0.15, 0.2) is 0 Å². The van der Waals surface area contributed by atoms with E-state index in [1.54, 1.807) is 21.1 Å². The first-order chi connectivity index (χ1) is 11.9. The largest absolute Gasteiger partial charge is 0.382 e. The monoisotopic (exact) mass is 394 g/mol. The summed E-state index contributed by atoms with van der Waals surface area (Å²) in [5.74, 6) is 0.529. The van der Waals surface area contributed by atoms with Gasteiger partial charge in [0.15, 0.2) is 0 Å². The van der Waals surface area contributed by atoms with Gasteiger partial charge in [-0.05, 0) is 33.6 Å². The second-order valence-electron chi connectivity index (χ2n) is 6.06. The van der Waals surface area contributed by atoms with Crippen LogP contribution in [0.25, 0.3) is 0 Å². The van der Waals surface area contributed by atoms with Crippen molar-refractivity contribution >= 4 is 11.6 Å². The fraction of sp³-hybridized carbons (Fsp3) is 0.905. The summed E-state index contributed by atoms with van der Waals surface area (Å²) in [5.41, 5.74) is 0. The first kappa shape index (κ1) is 33.7. The molecule has 0 aromatic carbocycles. The molecule has 0 rings (SSSR count). The van der Waals surface area contributed by atoms with E-state index in [1.807, 2.05) is 20.8 Å². The van der Waals surface area contributed by atoms with E-state index < -0.39 is 0 Å². The Morgan fingerprint density at radius 2 is 1.48 bits per heavy atom. The number of hydrogen-bond acceptors (Lipinski definition) is 6. The molecule has 2 atom stereocenters. The second kappa shape index (κ2) is 25.2. The van der Waals surface area contributed by atoms with Gasteiger partial charge in [-0.1, -0.05) is 21.8 Å². The Hall–Kier alpha value is -0.820. The lowest BCUT2D eigenvalue weighted by atomic mass is 10.2. The van der Waals surface area contributed by atoms with Gasteiger partial charge in [0.05, 0.1) is 25.4 Å². The maximum Gasteiger partial charge on any atom is 0.132 e. The fourth-order valence-electron chi connectivity index (χ4n) is 1.75. The minimum absolute atomic E-state index is 0. The Kier molecular flexibility index (Phi) is 31.5. The van der Waals surface area contributed by atoms with Gasteiger partial charge in [0.2, 0.25) is 0 Å². The van der Waals surface area contributed by atoms with Gasteiger partial charge < -0.3 is 23.7 Å². The molecule has 0 amide bonds. The van der Waals surface area contributed by atoms with E-state index in [9.17, 15) is 9.59 Å². The zero-order valence-electron chi connectivity index (χ0n) is 17.0. The highest BCUT2D eigenvalue weighted by Crippen LogP contribution is 1.97. The second-order valence-corrected chi connectivity index (χ2v) is 6.06. The Bertz CT molecular complexity index is 320. The predicted octanol–water partition coefficient (Wildman–Crippen LogP) is 4.48. The van der Waals surface area contributed by atoms with Crippen LogP contribution in [-0.2, 0) is 28.5 Å². The molecule has 0 aromatic rings. The van der Waals surface area contributed by atoms with Crippen LogP contribution < -0.4 is 0 Å². The average molecular weight is 395 g/mol. The molecule has 6 nitrogen and oxygen atoms in total. The third-order valence-corrected chi connectivity index (χ3v) is 3.37. The quantitative estimate of drug-likeness (QED) is 0.381. The van der Waals surface area contributed by atoms with Crippen molar-refractivity contribution in [3.63, 3.8) is 0 Å². The van der Waals surface area contributed by atoms with Crippen LogP contribution in [0.3, 0.4) is 0 Å². The summed E-state index contributed by atoms with van der Waals surface area (Å²) in [6, 6.07) is 0. The van der Waals surface area contributed by atoms with Crippen LogP contribution >= 0.6 is 0 Å². The summed E-state index contributed by atoms with van der Waals surface area (Å²) in [4.78, 5) is 21.4. The first-order valence-corrected chi connectivity index (χ1v) is 9.09. The molecule has 0 bridgehead atoms. The lowest BCUT2D eigenvalue weighted by Crippen LogP contribution is -2.15. The number of Topliss-reactive ketones (excluding diaryl/α,β-unsaturated/α-hetero) is 2. The van der Waals surface area contributed by atoms with Gasteiger partial charge in [-0.15, -0.1) is 0 Å². The lowest BCUT2D eigenvalue weighted by Gasteiger charge is -2.10. The molecule has 0 saturated carbocycles. The van der Waals surface area contributed by atoms with E-state index in [-0.39, 0.29) is 32.8 Å². The zero-order chi connectivity index (χ0) is 19.5. The van der Waals surface area contributed by atoms with Crippen LogP contribution in [0.4, 0.5) is 0 Å². The molecule has 0 aliphatic heterocycles. The molecule has 0 aromatic heterocycles. The highest BCUT2D eigenvalue weighted by atomic mass is 16.5. The molecule has 27 heavy (non-hydrogen) atoms. The van der Waals surface area contributed by atoms with Gasteiger partial charge >= 0.3 is 0 Å². The summed E-state index contributed by atoms with van der Waals surface area (Å²) in [6.07, 6.45) is 3.78. The number of ketones is 2. The van der Waals surface area contributed by atoms with Gasteiger partial charge in [-0.25, -0.2) is 0 Å². The van der Waals surface area contributed by atoms with Gasteiger partial charge in [-0.2, -0.15) is 0 Å².